The second kappa shape index (κ2) is 8.73. The van der Waals surface area contributed by atoms with Crippen molar-refractivity contribution < 1.29 is 9.72 Å². The van der Waals surface area contributed by atoms with Gasteiger partial charge >= 0.3 is 6.03 Å². The third-order valence-electron chi connectivity index (χ3n) is 4.98. The van der Waals surface area contributed by atoms with E-state index in [1.807, 2.05) is 26.8 Å². The Morgan fingerprint density at radius 2 is 1.87 bits per heavy atom. The first-order valence-electron chi connectivity index (χ1n) is 9.68. The average molecular weight is 409 g/mol. The Bertz CT molecular complexity index is 1140. The van der Waals surface area contributed by atoms with Crippen LogP contribution in [0.2, 0.25) is 0 Å². The molecule has 0 bridgehead atoms. The van der Waals surface area contributed by atoms with Crippen LogP contribution in [0.3, 0.4) is 0 Å². The van der Waals surface area contributed by atoms with Gasteiger partial charge in [0.25, 0.3) is 11.2 Å². The SMILES string of the molecule is CCN(C(=O)Nc1ccc([N+](=O)[O-])cc1)C(C)c1nc2ccccc2c(=O)n1CC. The maximum atomic E-state index is 12.9. The van der Waals surface area contributed by atoms with E-state index in [2.05, 4.69) is 10.3 Å². The number of para-hydroxylation sites is 1. The molecule has 0 saturated carbocycles. The monoisotopic (exact) mass is 409 g/mol. The lowest BCUT2D eigenvalue weighted by molar-refractivity contribution is -0.384. The van der Waals surface area contributed by atoms with Gasteiger partial charge in [-0.25, -0.2) is 9.78 Å². The first-order chi connectivity index (χ1) is 14.4. The molecule has 0 radical (unpaired) electrons. The summed E-state index contributed by atoms with van der Waals surface area (Å²) >= 11 is 0. The zero-order valence-electron chi connectivity index (χ0n) is 17.0. The van der Waals surface area contributed by atoms with E-state index in [0.717, 1.165) is 0 Å². The summed E-state index contributed by atoms with van der Waals surface area (Å²) in [5.74, 6) is 0.502. The molecular weight excluding hydrogens is 386 g/mol. The van der Waals surface area contributed by atoms with E-state index < -0.39 is 11.0 Å². The number of nitrogens with one attached hydrogen (secondary N) is 1. The number of aromatic nitrogens is 2. The molecule has 0 fully saturated rings. The minimum absolute atomic E-state index is 0.0546. The Balaban J connectivity index is 1.92. The number of anilines is 1. The number of non-ortho nitro benzene ring substituents is 1. The van der Waals surface area contributed by atoms with Gasteiger partial charge in [-0.2, -0.15) is 0 Å². The van der Waals surface area contributed by atoms with Crippen LogP contribution in [0, 0.1) is 10.1 Å². The Morgan fingerprint density at radius 3 is 2.47 bits per heavy atom. The average Bonchev–Trinajstić information content (AvgIpc) is 2.74. The quantitative estimate of drug-likeness (QED) is 0.490. The van der Waals surface area contributed by atoms with Gasteiger partial charge in [0, 0.05) is 30.9 Å². The van der Waals surface area contributed by atoms with Gasteiger partial charge in [0.2, 0.25) is 0 Å². The van der Waals surface area contributed by atoms with Crippen molar-refractivity contribution in [2.45, 2.75) is 33.4 Å². The number of rotatable bonds is 6. The van der Waals surface area contributed by atoms with Crippen molar-refractivity contribution in [2.24, 2.45) is 0 Å². The number of benzene rings is 2. The van der Waals surface area contributed by atoms with Crippen LogP contribution in [0.25, 0.3) is 10.9 Å². The molecule has 0 aliphatic carbocycles. The minimum Gasteiger partial charge on any atom is -0.315 e. The minimum atomic E-state index is -0.499. The zero-order chi connectivity index (χ0) is 21.8. The molecule has 1 N–H and O–H groups in total. The number of nitro benzene ring substituents is 1. The lowest BCUT2D eigenvalue weighted by Crippen LogP contribution is -2.39. The Labute approximate surface area is 173 Å². The van der Waals surface area contributed by atoms with Gasteiger partial charge < -0.3 is 10.2 Å². The summed E-state index contributed by atoms with van der Waals surface area (Å²) < 4.78 is 1.58. The summed E-state index contributed by atoms with van der Waals surface area (Å²) in [7, 11) is 0. The van der Waals surface area contributed by atoms with Gasteiger partial charge in [0.15, 0.2) is 0 Å². The Morgan fingerprint density at radius 1 is 1.20 bits per heavy atom. The molecule has 0 saturated heterocycles. The second-order valence-corrected chi connectivity index (χ2v) is 6.73. The maximum Gasteiger partial charge on any atom is 0.322 e. The third-order valence-corrected chi connectivity index (χ3v) is 4.98. The van der Waals surface area contributed by atoms with Gasteiger partial charge in [-0.05, 0) is 45.0 Å². The van der Waals surface area contributed by atoms with E-state index in [0.29, 0.717) is 35.5 Å². The van der Waals surface area contributed by atoms with Crippen molar-refractivity contribution in [3.63, 3.8) is 0 Å². The largest absolute Gasteiger partial charge is 0.322 e. The molecule has 1 aromatic heterocycles. The Hall–Kier alpha value is -3.75. The number of carbonyl (C=O) groups is 1. The van der Waals surface area contributed by atoms with Crippen molar-refractivity contribution in [1.82, 2.24) is 14.5 Å². The highest BCUT2D eigenvalue weighted by Gasteiger charge is 2.25. The maximum absolute atomic E-state index is 12.9. The van der Waals surface area contributed by atoms with E-state index >= 15 is 0 Å². The lowest BCUT2D eigenvalue weighted by atomic mass is 10.2. The molecule has 2 amide bonds. The summed E-state index contributed by atoms with van der Waals surface area (Å²) in [6, 6.07) is 11.9. The van der Waals surface area contributed by atoms with E-state index in [1.165, 1.54) is 24.3 Å². The predicted molar refractivity (Wildman–Crippen MR) is 115 cm³/mol. The van der Waals surface area contributed by atoms with Crippen LogP contribution in [0.4, 0.5) is 16.2 Å². The van der Waals surface area contributed by atoms with Crippen LogP contribution >= 0.6 is 0 Å². The van der Waals surface area contributed by atoms with Crippen LogP contribution in [0.1, 0.15) is 32.6 Å². The van der Waals surface area contributed by atoms with Gasteiger partial charge in [0.05, 0.1) is 21.9 Å². The molecule has 3 rings (SSSR count). The fourth-order valence-electron chi connectivity index (χ4n) is 3.40. The van der Waals surface area contributed by atoms with Crippen molar-refractivity contribution in [3.8, 4) is 0 Å². The molecular formula is C21H23N5O4. The number of carbonyl (C=O) groups excluding carboxylic acids is 1. The standard InChI is InChI=1S/C21H23N5O4/c1-4-24(21(28)22-15-10-12-16(13-11-15)26(29)30)14(3)19-23-18-9-7-6-8-17(18)20(27)25(19)5-2/h6-14H,4-5H2,1-3H3,(H,22,28). The van der Waals surface area contributed by atoms with Crippen molar-refractivity contribution in [2.75, 3.05) is 11.9 Å². The van der Waals surface area contributed by atoms with E-state index in [9.17, 15) is 19.7 Å². The number of urea groups is 1. The number of fused-ring (bicyclic) bond motifs is 1. The van der Waals surface area contributed by atoms with Crippen molar-refractivity contribution in [3.05, 3.63) is 74.8 Å². The first kappa shape index (κ1) is 21.0. The molecule has 0 aliphatic rings. The summed E-state index contributed by atoms with van der Waals surface area (Å²) in [5.41, 5.74) is 0.828. The smallest absolute Gasteiger partial charge is 0.315 e. The second-order valence-electron chi connectivity index (χ2n) is 6.73. The predicted octanol–water partition coefficient (Wildman–Crippen LogP) is 3.94. The van der Waals surface area contributed by atoms with E-state index in [4.69, 9.17) is 0 Å². The molecule has 30 heavy (non-hydrogen) atoms. The summed E-state index contributed by atoms with van der Waals surface area (Å²) in [4.78, 5) is 42.3. The summed E-state index contributed by atoms with van der Waals surface area (Å²) in [6.07, 6.45) is 0. The third kappa shape index (κ3) is 4.00. The van der Waals surface area contributed by atoms with E-state index in [-0.39, 0.29) is 17.3 Å². The van der Waals surface area contributed by atoms with Gasteiger partial charge in [-0.15, -0.1) is 0 Å². The number of hydrogen-bond acceptors (Lipinski definition) is 5. The molecule has 156 valence electrons. The van der Waals surface area contributed by atoms with Crippen molar-refractivity contribution in [1.29, 1.82) is 0 Å². The summed E-state index contributed by atoms with van der Waals surface area (Å²) in [6.45, 7) is 6.33. The normalized spacial score (nSPS) is 11.8. The molecule has 0 spiro atoms. The first-order valence-corrected chi connectivity index (χ1v) is 9.68. The molecule has 1 unspecified atom stereocenters. The van der Waals surface area contributed by atoms with Crippen LogP contribution in [-0.4, -0.2) is 32.0 Å². The highest BCUT2D eigenvalue weighted by Crippen LogP contribution is 2.22. The summed E-state index contributed by atoms with van der Waals surface area (Å²) in [5, 5.41) is 14.1. The molecule has 2 aromatic carbocycles. The number of nitro groups is 1. The van der Waals surface area contributed by atoms with Crippen molar-refractivity contribution >= 4 is 28.3 Å². The van der Waals surface area contributed by atoms with Gasteiger partial charge in [-0.3, -0.25) is 19.5 Å². The highest BCUT2D eigenvalue weighted by molar-refractivity contribution is 5.89. The molecule has 3 aromatic rings. The van der Waals surface area contributed by atoms with Crippen LogP contribution < -0.4 is 10.9 Å². The van der Waals surface area contributed by atoms with Gasteiger partial charge in [-0.1, -0.05) is 12.1 Å². The number of nitrogens with zero attached hydrogens (tertiary/aromatic N) is 4. The topological polar surface area (TPSA) is 110 Å². The molecule has 0 aliphatic heterocycles. The highest BCUT2D eigenvalue weighted by atomic mass is 16.6. The fourth-order valence-corrected chi connectivity index (χ4v) is 3.40. The molecule has 1 atom stereocenters. The zero-order valence-corrected chi connectivity index (χ0v) is 17.0. The lowest BCUT2D eigenvalue weighted by Gasteiger charge is -2.29. The van der Waals surface area contributed by atoms with Gasteiger partial charge in [0.1, 0.15) is 5.82 Å². The number of hydrogen-bond donors (Lipinski definition) is 1. The number of amides is 2. The molecule has 9 nitrogen and oxygen atoms in total. The van der Waals surface area contributed by atoms with Crippen LogP contribution in [0.15, 0.2) is 53.3 Å². The molecule has 1 heterocycles. The Kier molecular flexibility index (Phi) is 6.10. The fraction of sp³-hybridized carbons (Fsp3) is 0.286. The molecule has 9 heteroatoms. The van der Waals surface area contributed by atoms with Crippen LogP contribution in [0.5, 0.6) is 0 Å². The van der Waals surface area contributed by atoms with E-state index in [1.54, 1.807) is 27.7 Å². The van der Waals surface area contributed by atoms with Crippen LogP contribution in [-0.2, 0) is 6.54 Å².